The molecule has 0 bridgehead atoms. The second-order valence-corrected chi connectivity index (χ2v) is 12.3. The molecule has 1 aliphatic heterocycles. The van der Waals surface area contributed by atoms with Crippen molar-refractivity contribution in [2.75, 3.05) is 13.2 Å². The molecule has 8 atom stereocenters. The van der Waals surface area contributed by atoms with Crippen molar-refractivity contribution in [2.24, 2.45) is 0 Å². The molecule has 0 radical (unpaired) electrons. The van der Waals surface area contributed by atoms with E-state index in [2.05, 4.69) is 24.2 Å². The molecule has 1 aliphatic rings. The number of hydrogen-bond donors (Lipinski definition) is 6. The van der Waals surface area contributed by atoms with Gasteiger partial charge in [0.2, 0.25) is 0 Å². The van der Waals surface area contributed by atoms with Gasteiger partial charge >= 0.3 is 0 Å². The first-order valence-corrected chi connectivity index (χ1v) is 17.0. The lowest BCUT2D eigenvalue weighted by Gasteiger charge is -2.40. The van der Waals surface area contributed by atoms with Gasteiger partial charge in [-0.1, -0.05) is 115 Å². The molecule has 2 rings (SSSR count). The Hall–Kier alpha value is -1.18. The highest BCUT2D eigenvalue weighted by Crippen LogP contribution is 2.25. The number of unbranched alkanes of at least 4 members (excludes halogenated alkanes) is 14. The lowest BCUT2D eigenvalue weighted by Crippen LogP contribution is -2.59. The summed E-state index contributed by atoms with van der Waals surface area (Å²) < 4.78 is 12.7. The molecule has 1 aromatic heterocycles. The van der Waals surface area contributed by atoms with Crippen LogP contribution in [0.1, 0.15) is 135 Å². The summed E-state index contributed by atoms with van der Waals surface area (Å²) in [5, 5.41) is 70.6. The Kier molecular flexibility index (Phi) is 19.7. The predicted octanol–water partition coefficient (Wildman–Crippen LogP) is 3.57. The van der Waals surface area contributed by atoms with Crippen LogP contribution in [0.15, 0.2) is 6.20 Å². The van der Waals surface area contributed by atoms with Crippen molar-refractivity contribution in [3.8, 4) is 0 Å². The zero-order valence-corrected chi connectivity index (χ0v) is 26.7. The van der Waals surface area contributed by atoms with Gasteiger partial charge in [0.25, 0.3) is 0 Å². The number of aliphatic hydroxyl groups is 6. The summed E-state index contributed by atoms with van der Waals surface area (Å²) in [5.41, 5.74) is 0.775. The summed E-state index contributed by atoms with van der Waals surface area (Å²) in [6.45, 7) is 3.61. The Morgan fingerprint density at radius 2 is 1.35 bits per heavy atom. The fourth-order valence-electron chi connectivity index (χ4n) is 5.67. The van der Waals surface area contributed by atoms with E-state index in [1.54, 1.807) is 6.20 Å². The first-order valence-electron chi connectivity index (χ1n) is 17.0. The molecule has 1 fully saturated rings. The van der Waals surface area contributed by atoms with E-state index in [-0.39, 0.29) is 6.61 Å². The summed E-state index contributed by atoms with van der Waals surface area (Å²) in [6.07, 6.45) is 12.4. The van der Waals surface area contributed by atoms with Crippen molar-refractivity contribution in [1.29, 1.82) is 0 Å². The van der Waals surface area contributed by atoms with E-state index in [1.807, 2.05) is 0 Å². The van der Waals surface area contributed by atoms with Crippen molar-refractivity contribution >= 4 is 0 Å². The van der Waals surface area contributed by atoms with E-state index < -0.39 is 55.6 Å². The van der Waals surface area contributed by atoms with E-state index in [0.29, 0.717) is 6.42 Å². The molecule has 0 unspecified atom stereocenters. The fourth-order valence-corrected chi connectivity index (χ4v) is 5.67. The quantitative estimate of drug-likeness (QED) is 0.0894. The van der Waals surface area contributed by atoms with Crippen LogP contribution in [0, 0.1) is 0 Å². The molecule has 11 nitrogen and oxygen atoms in total. The van der Waals surface area contributed by atoms with E-state index in [1.165, 1.54) is 62.5 Å². The molecule has 6 N–H and O–H groups in total. The predicted molar refractivity (Wildman–Crippen MR) is 164 cm³/mol. The van der Waals surface area contributed by atoms with E-state index in [4.69, 9.17) is 9.47 Å². The smallest absolute Gasteiger partial charge is 0.186 e. The molecule has 1 saturated heterocycles. The summed E-state index contributed by atoms with van der Waals surface area (Å²) in [4.78, 5) is 0. The molecule has 252 valence electrons. The molecular formula is C32H61N3O8. The van der Waals surface area contributed by atoms with Crippen LogP contribution in [-0.4, -0.2) is 102 Å². The maximum Gasteiger partial charge on any atom is 0.186 e. The molecule has 0 spiro atoms. The Morgan fingerprint density at radius 3 is 1.93 bits per heavy atom. The van der Waals surface area contributed by atoms with Crippen molar-refractivity contribution < 1.29 is 40.1 Å². The Bertz CT molecular complexity index is 813. The molecule has 1 aromatic rings. The number of aliphatic hydroxyl groups excluding tert-OH is 6. The van der Waals surface area contributed by atoms with Crippen molar-refractivity contribution in [1.82, 2.24) is 15.0 Å². The van der Waals surface area contributed by atoms with Crippen LogP contribution in [0.4, 0.5) is 0 Å². The maximum atomic E-state index is 11.2. The second-order valence-electron chi connectivity index (χ2n) is 12.3. The van der Waals surface area contributed by atoms with E-state index >= 15 is 0 Å². The Morgan fingerprint density at radius 1 is 0.791 bits per heavy atom. The highest BCUT2D eigenvalue weighted by atomic mass is 16.7. The van der Waals surface area contributed by atoms with Crippen LogP contribution in [0.5, 0.6) is 0 Å². The molecule has 11 heteroatoms. The SMILES string of the molecule is CCCCCCCCCCCCCC[C@@H](O)[C@@H](O)[C@H](CO[C@H]1O[C@H](CO)[C@H](O)[C@H](O)[C@H]1O)n1cc(CCCCCC)nn1. The van der Waals surface area contributed by atoms with Gasteiger partial charge in [-0.15, -0.1) is 5.10 Å². The first-order chi connectivity index (χ1) is 20.8. The number of rotatable bonds is 25. The van der Waals surface area contributed by atoms with Gasteiger partial charge in [0, 0.05) is 6.20 Å². The third kappa shape index (κ3) is 13.8. The van der Waals surface area contributed by atoms with Crippen LogP contribution in [-0.2, 0) is 15.9 Å². The van der Waals surface area contributed by atoms with Gasteiger partial charge in [-0.2, -0.15) is 0 Å². The van der Waals surface area contributed by atoms with Gasteiger partial charge < -0.3 is 40.1 Å². The molecule has 43 heavy (non-hydrogen) atoms. The highest BCUT2D eigenvalue weighted by Gasteiger charge is 2.44. The largest absolute Gasteiger partial charge is 0.394 e. The number of hydrogen-bond acceptors (Lipinski definition) is 10. The second kappa shape index (κ2) is 22.3. The maximum absolute atomic E-state index is 11.2. The van der Waals surface area contributed by atoms with Crippen molar-refractivity contribution in [2.45, 2.75) is 178 Å². The van der Waals surface area contributed by atoms with E-state index in [9.17, 15) is 30.6 Å². The van der Waals surface area contributed by atoms with Crippen molar-refractivity contribution in [3.05, 3.63) is 11.9 Å². The average Bonchev–Trinajstić information content (AvgIpc) is 3.48. The van der Waals surface area contributed by atoms with Gasteiger partial charge in [-0.3, -0.25) is 0 Å². The minimum atomic E-state index is -1.57. The molecule has 0 aliphatic carbocycles. The van der Waals surface area contributed by atoms with Crippen LogP contribution in [0.25, 0.3) is 0 Å². The molecule has 0 aromatic carbocycles. The summed E-state index contributed by atoms with van der Waals surface area (Å²) in [6, 6.07) is -0.836. The number of nitrogens with zero attached hydrogens (tertiary/aromatic N) is 3. The summed E-state index contributed by atoms with van der Waals surface area (Å²) >= 11 is 0. The monoisotopic (exact) mass is 615 g/mol. The normalized spacial score (nSPS) is 24.7. The van der Waals surface area contributed by atoms with Gasteiger partial charge in [0.1, 0.15) is 36.6 Å². The average molecular weight is 616 g/mol. The van der Waals surface area contributed by atoms with Gasteiger partial charge in [0.15, 0.2) is 6.29 Å². The van der Waals surface area contributed by atoms with Crippen LogP contribution >= 0.6 is 0 Å². The van der Waals surface area contributed by atoms with Crippen LogP contribution in [0.2, 0.25) is 0 Å². The molecule has 0 saturated carbocycles. The highest BCUT2D eigenvalue weighted by molar-refractivity contribution is 4.96. The lowest BCUT2D eigenvalue weighted by atomic mass is 9.98. The van der Waals surface area contributed by atoms with Gasteiger partial charge in [-0.25, -0.2) is 4.68 Å². The van der Waals surface area contributed by atoms with E-state index in [0.717, 1.165) is 57.1 Å². The van der Waals surface area contributed by atoms with Crippen LogP contribution < -0.4 is 0 Å². The van der Waals surface area contributed by atoms with Gasteiger partial charge in [-0.05, 0) is 19.3 Å². The minimum Gasteiger partial charge on any atom is -0.394 e. The van der Waals surface area contributed by atoms with Crippen molar-refractivity contribution in [3.63, 3.8) is 0 Å². The number of aryl methyl sites for hydroxylation is 1. The summed E-state index contributed by atoms with van der Waals surface area (Å²) in [5.74, 6) is 0. The zero-order valence-electron chi connectivity index (χ0n) is 26.7. The number of aromatic nitrogens is 3. The third-order valence-electron chi connectivity index (χ3n) is 8.61. The summed E-state index contributed by atoms with van der Waals surface area (Å²) in [7, 11) is 0. The van der Waals surface area contributed by atoms with Gasteiger partial charge in [0.05, 0.1) is 25.0 Å². The topological polar surface area (TPSA) is 171 Å². The standard InChI is InChI=1S/C32H61N3O8/c1-3-5-7-9-10-11-12-13-14-15-16-18-20-26(37)28(38)25(35-21-24(33-34-35)19-17-8-6-4-2)23-42-32-31(41)30(40)29(39)27(22-36)43-32/h21,25-32,36-41H,3-20,22-23H2,1-2H3/t25-,26+,27+,28-,29-,30-,31+,32-/m0/s1. The van der Waals surface area contributed by atoms with Crippen LogP contribution in [0.3, 0.4) is 0 Å². The third-order valence-corrected chi connectivity index (χ3v) is 8.61. The first kappa shape index (κ1) is 38.0. The lowest BCUT2D eigenvalue weighted by molar-refractivity contribution is -0.304. The molecule has 2 heterocycles. The Labute approximate surface area is 258 Å². The molecule has 0 amide bonds. The Balaban J connectivity index is 1.88. The zero-order chi connectivity index (χ0) is 31.5. The minimum absolute atomic E-state index is 0.210. The number of ether oxygens (including phenoxy) is 2. The molecular weight excluding hydrogens is 554 g/mol. The fraction of sp³-hybridized carbons (Fsp3) is 0.938.